The Hall–Kier alpha value is -1.30. The predicted octanol–water partition coefficient (Wildman–Crippen LogP) is 1.47. The van der Waals surface area contributed by atoms with Crippen molar-refractivity contribution < 1.29 is 24.5 Å². The standard InChI is InChI=1S/C13H23NO5/c1-12(2,3)19-11(18)14-7-4-5-13(9-14,6-8-15)10(16)17/h15H,4-9H2,1-3H3,(H,16,17). The molecule has 1 heterocycles. The second-order valence-electron chi connectivity index (χ2n) is 6.06. The van der Waals surface area contributed by atoms with Gasteiger partial charge in [0.05, 0.1) is 5.41 Å². The number of ether oxygens (including phenoxy) is 1. The minimum atomic E-state index is -1.05. The normalized spacial score (nSPS) is 24.1. The second kappa shape index (κ2) is 5.77. The molecule has 0 aliphatic carbocycles. The van der Waals surface area contributed by atoms with E-state index in [0.29, 0.717) is 19.4 Å². The highest BCUT2D eigenvalue weighted by molar-refractivity contribution is 5.77. The molecule has 1 amide bonds. The summed E-state index contributed by atoms with van der Waals surface area (Å²) in [5, 5.41) is 18.4. The van der Waals surface area contributed by atoms with Gasteiger partial charge >= 0.3 is 12.1 Å². The second-order valence-corrected chi connectivity index (χ2v) is 6.06. The minimum absolute atomic E-state index is 0.0950. The van der Waals surface area contributed by atoms with E-state index >= 15 is 0 Å². The summed E-state index contributed by atoms with van der Waals surface area (Å²) >= 11 is 0. The fraction of sp³-hybridized carbons (Fsp3) is 0.846. The zero-order valence-electron chi connectivity index (χ0n) is 11.8. The van der Waals surface area contributed by atoms with E-state index in [1.165, 1.54) is 4.90 Å². The van der Waals surface area contributed by atoms with Gasteiger partial charge in [0.2, 0.25) is 0 Å². The molecular formula is C13H23NO5. The summed E-state index contributed by atoms with van der Waals surface area (Å²) in [7, 11) is 0. The molecule has 1 unspecified atom stereocenters. The van der Waals surface area contributed by atoms with Gasteiger partial charge in [-0.15, -0.1) is 0 Å². The molecule has 0 aromatic heterocycles. The third-order valence-electron chi connectivity index (χ3n) is 3.27. The molecular weight excluding hydrogens is 250 g/mol. The molecule has 110 valence electrons. The minimum Gasteiger partial charge on any atom is -0.481 e. The van der Waals surface area contributed by atoms with Crippen molar-refractivity contribution in [2.45, 2.75) is 45.6 Å². The Morgan fingerprint density at radius 2 is 2.00 bits per heavy atom. The van der Waals surface area contributed by atoms with Crippen LogP contribution in [0.1, 0.15) is 40.0 Å². The average Bonchev–Trinajstić information content (AvgIpc) is 2.27. The Labute approximate surface area is 113 Å². The van der Waals surface area contributed by atoms with E-state index in [2.05, 4.69) is 0 Å². The first kappa shape index (κ1) is 15.8. The van der Waals surface area contributed by atoms with Crippen LogP contribution in [0.5, 0.6) is 0 Å². The van der Waals surface area contributed by atoms with E-state index in [4.69, 9.17) is 9.84 Å². The Bertz CT molecular complexity index is 345. The van der Waals surface area contributed by atoms with Crippen LogP contribution >= 0.6 is 0 Å². The summed E-state index contributed by atoms with van der Waals surface area (Å²) < 4.78 is 5.26. The molecule has 0 aromatic carbocycles. The first-order valence-corrected chi connectivity index (χ1v) is 6.52. The number of piperidine rings is 1. The molecule has 0 saturated carbocycles. The molecule has 0 radical (unpaired) electrons. The van der Waals surface area contributed by atoms with Crippen molar-refractivity contribution in [3.63, 3.8) is 0 Å². The number of hydrogen-bond donors (Lipinski definition) is 2. The molecule has 1 fully saturated rings. The van der Waals surface area contributed by atoms with Gasteiger partial charge in [-0.25, -0.2) is 4.79 Å². The van der Waals surface area contributed by atoms with Crippen molar-refractivity contribution in [3.8, 4) is 0 Å². The topological polar surface area (TPSA) is 87.1 Å². The van der Waals surface area contributed by atoms with E-state index in [-0.39, 0.29) is 19.6 Å². The Morgan fingerprint density at radius 3 is 2.47 bits per heavy atom. The van der Waals surface area contributed by atoms with Crippen LogP contribution in [0.3, 0.4) is 0 Å². The zero-order chi connectivity index (χ0) is 14.7. The number of amides is 1. The number of carbonyl (C=O) groups is 2. The van der Waals surface area contributed by atoms with Gasteiger partial charge in [-0.05, 0) is 40.0 Å². The number of aliphatic carboxylic acids is 1. The van der Waals surface area contributed by atoms with Crippen molar-refractivity contribution in [3.05, 3.63) is 0 Å². The Morgan fingerprint density at radius 1 is 1.37 bits per heavy atom. The molecule has 1 aliphatic heterocycles. The quantitative estimate of drug-likeness (QED) is 0.813. The highest BCUT2D eigenvalue weighted by atomic mass is 16.6. The number of carbonyl (C=O) groups excluding carboxylic acids is 1. The summed E-state index contributed by atoms with van der Waals surface area (Å²) in [6, 6.07) is 0. The molecule has 1 rings (SSSR count). The maximum Gasteiger partial charge on any atom is 0.410 e. The first-order valence-electron chi connectivity index (χ1n) is 6.52. The average molecular weight is 273 g/mol. The molecule has 6 heteroatoms. The number of aliphatic hydroxyl groups excluding tert-OH is 1. The maximum atomic E-state index is 12.0. The highest BCUT2D eigenvalue weighted by Gasteiger charge is 2.43. The number of nitrogens with zero attached hydrogens (tertiary/aromatic N) is 1. The van der Waals surface area contributed by atoms with Crippen LogP contribution < -0.4 is 0 Å². The van der Waals surface area contributed by atoms with Crippen molar-refractivity contribution in [1.82, 2.24) is 4.90 Å². The summed E-state index contributed by atoms with van der Waals surface area (Å²) in [5.41, 5.74) is -1.65. The van der Waals surface area contributed by atoms with Crippen LogP contribution in [0, 0.1) is 5.41 Å². The van der Waals surface area contributed by atoms with Gasteiger partial charge in [0.25, 0.3) is 0 Å². The van der Waals surface area contributed by atoms with E-state index < -0.39 is 23.1 Å². The van der Waals surface area contributed by atoms with E-state index in [1.54, 1.807) is 20.8 Å². The van der Waals surface area contributed by atoms with Crippen molar-refractivity contribution >= 4 is 12.1 Å². The van der Waals surface area contributed by atoms with Crippen molar-refractivity contribution in [2.24, 2.45) is 5.41 Å². The molecule has 2 N–H and O–H groups in total. The molecule has 1 saturated heterocycles. The van der Waals surface area contributed by atoms with Crippen LogP contribution in [-0.4, -0.2) is 52.5 Å². The monoisotopic (exact) mass is 273 g/mol. The Balaban J connectivity index is 2.77. The van der Waals surface area contributed by atoms with Crippen LogP contribution in [0.25, 0.3) is 0 Å². The number of rotatable bonds is 3. The third-order valence-corrected chi connectivity index (χ3v) is 3.27. The summed E-state index contributed by atoms with van der Waals surface area (Å²) in [6.07, 6.45) is 0.741. The molecule has 1 aliphatic rings. The van der Waals surface area contributed by atoms with E-state index in [9.17, 15) is 14.7 Å². The summed E-state index contributed by atoms with van der Waals surface area (Å²) in [4.78, 5) is 24.8. The number of carboxylic acids is 1. The maximum absolute atomic E-state index is 12.0. The highest BCUT2D eigenvalue weighted by Crippen LogP contribution is 2.34. The van der Waals surface area contributed by atoms with Crippen LogP contribution in [-0.2, 0) is 9.53 Å². The largest absolute Gasteiger partial charge is 0.481 e. The van der Waals surface area contributed by atoms with Gasteiger partial charge in [-0.1, -0.05) is 0 Å². The number of likely N-dealkylation sites (tertiary alicyclic amines) is 1. The van der Waals surface area contributed by atoms with Gasteiger partial charge in [0.1, 0.15) is 5.60 Å². The van der Waals surface area contributed by atoms with Gasteiger partial charge in [-0.3, -0.25) is 4.79 Å². The van der Waals surface area contributed by atoms with Crippen molar-refractivity contribution in [2.75, 3.05) is 19.7 Å². The van der Waals surface area contributed by atoms with Gasteiger partial charge in [0, 0.05) is 19.7 Å². The lowest BCUT2D eigenvalue weighted by atomic mass is 9.77. The Kier molecular flexibility index (Phi) is 4.79. The summed E-state index contributed by atoms with van der Waals surface area (Å²) in [6.45, 7) is 5.70. The van der Waals surface area contributed by atoms with E-state index in [0.717, 1.165) is 0 Å². The third kappa shape index (κ3) is 4.09. The fourth-order valence-electron chi connectivity index (χ4n) is 2.31. The lowest BCUT2D eigenvalue weighted by molar-refractivity contribution is -0.153. The predicted molar refractivity (Wildman–Crippen MR) is 68.8 cm³/mol. The van der Waals surface area contributed by atoms with Gasteiger partial charge < -0.3 is 19.8 Å². The van der Waals surface area contributed by atoms with Crippen molar-refractivity contribution in [1.29, 1.82) is 0 Å². The van der Waals surface area contributed by atoms with Crippen LogP contribution in [0.2, 0.25) is 0 Å². The number of carboxylic acid groups (broad SMARTS) is 1. The summed E-state index contributed by atoms with van der Waals surface area (Å²) in [5.74, 6) is -0.963. The zero-order valence-corrected chi connectivity index (χ0v) is 11.8. The smallest absolute Gasteiger partial charge is 0.410 e. The molecule has 19 heavy (non-hydrogen) atoms. The lowest BCUT2D eigenvalue weighted by Gasteiger charge is -2.40. The number of aliphatic hydroxyl groups is 1. The first-order chi connectivity index (χ1) is 8.70. The fourth-order valence-corrected chi connectivity index (χ4v) is 2.31. The van der Waals surface area contributed by atoms with E-state index in [1.807, 2.05) is 0 Å². The SMILES string of the molecule is CC(C)(C)OC(=O)N1CCCC(CCO)(C(=O)O)C1. The molecule has 6 nitrogen and oxygen atoms in total. The van der Waals surface area contributed by atoms with Gasteiger partial charge in [-0.2, -0.15) is 0 Å². The lowest BCUT2D eigenvalue weighted by Crippen LogP contribution is -2.51. The molecule has 0 aromatic rings. The molecule has 1 atom stereocenters. The van der Waals surface area contributed by atoms with Crippen LogP contribution in [0.4, 0.5) is 4.79 Å². The van der Waals surface area contributed by atoms with Crippen LogP contribution in [0.15, 0.2) is 0 Å². The molecule has 0 bridgehead atoms. The number of hydrogen-bond acceptors (Lipinski definition) is 4. The molecule has 0 spiro atoms. The van der Waals surface area contributed by atoms with Gasteiger partial charge in [0.15, 0.2) is 0 Å².